The van der Waals surface area contributed by atoms with Crippen molar-refractivity contribution < 1.29 is 0 Å². The molecule has 0 aromatic carbocycles. The van der Waals surface area contributed by atoms with E-state index in [-0.39, 0.29) is 0 Å². The van der Waals surface area contributed by atoms with Gasteiger partial charge in [-0.25, -0.2) is 9.97 Å². The van der Waals surface area contributed by atoms with Crippen molar-refractivity contribution >= 4 is 5.95 Å². The normalized spacial score (nSPS) is 30.1. The smallest absolute Gasteiger partial charge is 0.225 e. The zero-order valence-corrected chi connectivity index (χ0v) is 12.2. The Morgan fingerprint density at radius 3 is 3.15 bits per heavy atom. The first-order chi connectivity index (χ1) is 9.83. The van der Waals surface area contributed by atoms with Gasteiger partial charge in [0, 0.05) is 49.9 Å². The predicted molar refractivity (Wildman–Crippen MR) is 79.0 cm³/mol. The molecule has 0 saturated carbocycles. The minimum Gasteiger partial charge on any atom is -0.339 e. The number of hydrogen-bond donors (Lipinski definition) is 1. The number of anilines is 1. The molecule has 0 aliphatic carbocycles. The predicted octanol–water partition coefficient (Wildman–Crippen LogP) is 0.968. The van der Waals surface area contributed by atoms with Gasteiger partial charge in [0.1, 0.15) is 0 Å². The summed E-state index contributed by atoms with van der Waals surface area (Å²) >= 11 is 0. The van der Waals surface area contributed by atoms with Gasteiger partial charge in [-0.1, -0.05) is 0 Å². The molecule has 2 saturated heterocycles. The van der Waals surface area contributed by atoms with E-state index in [4.69, 9.17) is 4.98 Å². The van der Waals surface area contributed by atoms with Gasteiger partial charge in [0.25, 0.3) is 0 Å². The van der Waals surface area contributed by atoms with Gasteiger partial charge in [0.05, 0.1) is 5.69 Å². The molecule has 1 aromatic heterocycles. The number of fused-ring (bicyclic) bond motifs is 4. The van der Waals surface area contributed by atoms with Crippen molar-refractivity contribution in [2.75, 3.05) is 38.1 Å². The first-order valence-electron chi connectivity index (χ1n) is 7.86. The van der Waals surface area contributed by atoms with Gasteiger partial charge in [-0.15, -0.1) is 0 Å². The van der Waals surface area contributed by atoms with Crippen LogP contribution in [0.2, 0.25) is 0 Å². The van der Waals surface area contributed by atoms with Gasteiger partial charge < -0.3 is 10.2 Å². The highest BCUT2D eigenvalue weighted by atomic mass is 15.3. The summed E-state index contributed by atoms with van der Waals surface area (Å²) in [6.45, 7) is 4.23. The van der Waals surface area contributed by atoms with E-state index in [1.54, 1.807) is 0 Å². The molecule has 1 aromatic rings. The fraction of sp³-hybridized carbons (Fsp3) is 0.733. The quantitative estimate of drug-likeness (QED) is 0.826. The van der Waals surface area contributed by atoms with E-state index < -0.39 is 0 Å². The number of nitrogens with zero attached hydrogens (tertiary/aromatic N) is 4. The third-order valence-corrected chi connectivity index (χ3v) is 5.14. The van der Waals surface area contributed by atoms with Crippen LogP contribution >= 0.6 is 0 Å². The fourth-order valence-electron chi connectivity index (χ4n) is 3.91. The Hall–Kier alpha value is -1.20. The van der Waals surface area contributed by atoms with Crippen molar-refractivity contribution in [1.29, 1.82) is 0 Å². The first kappa shape index (κ1) is 12.5. The molecule has 3 aliphatic heterocycles. The van der Waals surface area contributed by atoms with Gasteiger partial charge in [0.15, 0.2) is 0 Å². The van der Waals surface area contributed by atoms with Crippen LogP contribution in [0.15, 0.2) is 6.20 Å². The van der Waals surface area contributed by atoms with Crippen LogP contribution in [0.1, 0.15) is 36.6 Å². The van der Waals surface area contributed by atoms with Crippen molar-refractivity contribution in [3.63, 3.8) is 0 Å². The zero-order valence-electron chi connectivity index (χ0n) is 12.2. The summed E-state index contributed by atoms with van der Waals surface area (Å²) in [6.07, 6.45) is 6.95. The van der Waals surface area contributed by atoms with Crippen LogP contribution in [-0.4, -0.2) is 54.1 Å². The summed E-state index contributed by atoms with van der Waals surface area (Å²) < 4.78 is 0. The largest absolute Gasteiger partial charge is 0.339 e. The molecule has 2 unspecified atom stereocenters. The zero-order chi connectivity index (χ0) is 13.5. The van der Waals surface area contributed by atoms with Crippen molar-refractivity contribution in [3.05, 3.63) is 17.5 Å². The van der Waals surface area contributed by atoms with E-state index >= 15 is 0 Å². The molecule has 2 fully saturated rings. The highest BCUT2D eigenvalue weighted by Gasteiger charge is 2.38. The number of likely N-dealkylation sites (N-methyl/N-ethyl adjacent to an activating group) is 1. The van der Waals surface area contributed by atoms with Crippen LogP contribution in [0.5, 0.6) is 0 Å². The SMILES string of the molecule is CN1C2CCC1c1cnc(N3CCCNCC3)nc1C2. The average molecular weight is 273 g/mol. The lowest BCUT2D eigenvalue weighted by molar-refractivity contribution is 0.221. The molecule has 1 N–H and O–H groups in total. The second-order valence-corrected chi connectivity index (χ2v) is 6.28. The second-order valence-electron chi connectivity index (χ2n) is 6.28. The summed E-state index contributed by atoms with van der Waals surface area (Å²) in [7, 11) is 2.25. The number of hydrogen-bond acceptors (Lipinski definition) is 5. The van der Waals surface area contributed by atoms with Gasteiger partial charge >= 0.3 is 0 Å². The molecule has 3 aliphatic rings. The monoisotopic (exact) mass is 273 g/mol. The van der Waals surface area contributed by atoms with E-state index in [9.17, 15) is 0 Å². The molecule has 108 valence electrons. The molecule has 0 radical (unpaired) electrons. The summed E-state index contributed by atoms with van der Waals surface area (Å²) in [6, 6.07) is 1.25. The maximum Gasteiger partial charge on any atom is 0.225 e. The van der Waals surface area contributed by atoms with Gasteiger partial charge in [-0.05, 0) is 32.9 Å². The van der Waals surface area contributed by atoms with Crippen LogP contribution in [0.3, 0.4) is 0 Å². The van der Waals surface area contributed by atoms with Crippen LogP contribution in [0, 0.1) is 0 Å². The van der Waals surface area contributed by atoms with E-state index in [1.807, 2.05) is 0 Å². The molecule has 20 heavy (non-hydrogen) atoms. The van der Waals surface area contributed by atoms with E-state index in [2.05, 4.69) is 33.3 Å². The third-order valence-electron chi connectivity index (χ3n) is 5.14. The van der Waals surface area contributed by atoms with E-state index in [0.717, 1.165) is 38.5 Å². The van der Waals surface area contributed by atoms with Crippen molar-refractivity contribution in [1.82, 2.24) is 20.2 Å². The highest BCUT2D eigenvalue weighted by Crippen LogP contribution is 2.41. The second kappa shape index (κ2) is 4.97. The summed E-state index contributed by atoms with van der Waals surface area (Å²) in [4.78, 5) is 14.4. The van der Waals surface area contributed by atoms with Crippen molar-refractivity contribution in [2.24, 2.45) is 0 Å². The Labute approximate surface area is 120 Å². The number of aromatic nitrogens is 2. The molecule has 4 heterocycles. The van der Waals surface area contributed by atoms with E-state index in [0.29, 0.717) is 12.1 Å². The first-order valence-corrected chi connectivity index (χ1v) is 7.86. The summed E-state index contributed by atoms with van der Waals surface area (Å²) in [5, 5.41) is 3.44. The molecular weight excluding hydrogens is 250 g/mol. The minimum absolute atomic E-state index is 0.559. The van der Waals surface area contributed by atoms with Crippen LogP contribution in [0.25, 0.3) is 0 Å². The molecule has 2 bridgehead atoms. The molecule has 2 atom stereocenters. The topological polar surface area (TPSA) is 44.3 Å². The Morgan fingerprint density at radius 2 is 2.20 bits per heavy atom. The average Bonchev–Trinajstić information content (AvgIpc) is 2.70. The Balaban J connectivity index is 1.63. The molecule has 0 spiro atoms. The van der Waals surface area contributed by atoms with Crippen LogP contribution in [-0.2, 0) is 6.42 Å². The maximum absolute atomic E-state index is 4.91. The summed E-state index contributed by atoms with van der Waals surface area (Å²) in [5.74, 6) is 0.941. The van der Waals surface area contributed by atoms with Gasteiger partial charge in [-0.3, -0.25) is 4.90 Å². The van der Waals surface area contributed by atoms with Gasteiger partial charge in [0.2, 0.25) is 5.95 Å². The van der Waals surface area contributed by atoms with Gasteiger partial charge in [-0.2, -0.15) is 0 Å². The molecule has 5 nitrogen and oxygen atoms in total. The third kappa shape index (κ3) is 2.00. The highest BCUT2D eigenvalue weighted by molar-refractivity contribution is 5.37. The standard InChI is InChI=1S/C15H23N5/c1-19-11-3-4-14(19)12-10-17-15(18-13(12)9-11)20-7-2-5-16-6-8-20/h10-11,14,16H,2-9H2,1H3. The number of rotatable bonds is 1. The van der Waals surface area contributed by atoms with Crippen molar-refractivity contribution in [3.8, 4) is 0 Å². The Morgan fingerprint density at radius 1 is 1.25 bits per heavy atom. The molecular formula is C15H23N5. The fourth-order valence-corrected chi connectivity index (χ4v) is 3.91. The Bertz CT molecular complexity index is 495. The number of nitrogens with one attached hydrogen (secondary N) is 1. The molecule has 0 amide bonds. The lowest BCUT2D eigenvalue weighted by Crippen LogP contribution is -2.36. The molecule has 5 heteroatoms. The minimum atomic E-state index is 0.559. The van der Waals surface area contributed by atoms with Crippen LogP contribution < -0.4 is 10.2 Å². The Kier molecular flexibility index (Phi) is 3.11. The molecule has 4 rings (SSSR count). The lowest BCUT2D eigenvalue weighted by Gasteiger charge is -2.33. The maximum atomic E-state index is 4.91. The lowest BCUT2D eigenvalue weighted by atomic mass is 10.0. The van der Waals surface area contributed by atoms with Crippen LogP contribution in [0.4, 0.5) is 5.95 Å². The summed E-state index contributed by atoms with van der Waals surface area (Å²) in [5.41, 5.74) is 2.68. The van der Waals surface area contributed by atoms with Crippen molar-refractivity contribution in [2.45, 2.75) is 37.8 Å². The van der Waals surface area contributed by atoms with E-state index in [1.165, 1.54) is 30.5 Å².